The molecule has 0 spiro atoms. The molecule has 3 atom stereocenters. The molecule has 0 radical (unpaired) electrons. The summed E-state index contributed by atoms with van der Waals surface area (Å²) in [6, 6.07) is 0. The Morgan fingerprint density at radius 2 is 1.68 bits per heavy atom. The van der Waals surface area contributed by atoms with Gasteiger partial charge in [0.15, 0.2) is 17.5 Å². The van der Waals surface area contributed by atoms with Crippen LogP contribution in [-0.2, 0) is 42.9 Å². The Balaban J connectivity index is 2.65. The van der Waals surface area contributed by atoms with Crippen LogP contribution < -0.4 is 0 Å². The predicted octanol–water partition coefficient (Wildman–Crippen LogP) is 3.52. The number of carbonyl (C=O) groups is 4. The lowest BCUT2D eigenvalue weighted by Gasteiger charge is -2.41. The molecule has 1 heterocycles. The minimum absolute atomic E-state index is 0.0115. The highest BCUT2D eigenvalue weighted by Crippen LogP contribution is 2.50. The minimum Gasteiger partial charge on any atom is -0.464 e. The second-order valence-corrected chi connectivity index (χ2v) is 11.5. The Morgan fingerprint density at radius 3 is 2.15 bits per heavy atom. The zero-order chi connectivity index (χ0) is 26.0. The van der Waals surface area contributed by atoms with Crippen molar-refractivity contribution < 1.29 is 42.9 Å². The molecule has 1 amide bonds. The molecule has 3 unspecified atom stereocenters. The first-order valence-electron chi connectivity index (χ1n) is 10.2. The summed E-state index contributed by atoms with van der Waals surface area (Å²) in [5.41, 5.74) is -0.867. The van der Waals surface area contributed by atoms with Crippen LogP contribution in [0.15, 0.2) is 18.6 Å². The van der Waals surface area contributed by atoms with E-state index < -0.39 is 45.2 Å². The Hall–Kier alpha value is -0.530. The van der Waals surface area contributed by atoms with Gasteiger partial charge in [-0.15, -0.1) is 0 Å². The van der Waals surface area contributed by atoms with E-state index >= 15 is 0 Å². The molecule has 2 rings (SSSR count). The van der Waals surface area contributed by atoms with Crippen molar-refractivity contribution in [3.8, 4) is 0 Å². The summed E-state index contributed by atoms with van der Waals surface area (Å²) in [6.07, 6.45) is -0.914. The number of carbonyl (C=O) groups excluding carboxylic acids is 4. The highest BCUT2D eigenvalue weighted by atomic mass is 127. The number of amides is 1. The monoisotopic (exact) mass is 817 g/mol. The van der Waals surface area contributed by atoms with Gasteiger partial charge in [-0.3, -0.25) is 19.2 Å². The normalized spacial score (nSPS) is 26.3. The standard InChI is InChI=1S/C21H26I3NO9/c1-10(26)30-8-7-25(19(29)13-9-31-20(4,5)34-13)15-14(22)16(32-11(2)27)18(24)21(6,17(15)23)33-12(3)28/h13,18H,7-9H2,1-6H3. The second kappa shape index (κ2) is 11.7. The number of esters is 3. The van der Waals surface area contributed by atoms with Gasteiger partial charge in [0, 0.05) is 20.8 Å². The van der Waals surface area contributed by atoms with Crippen LogP contribution in [0.1, 0.15) is 41.5 Å². The summed E-state index contributed by atoms with van der Waals surface area (Å²) in [7, 11) is 0. The molecule has 10 nitrogen and oxygen atoms in total. The van der Waals surface area contributed by atoms with E-state index in [0.717, 1.165) is 0 Å². The molecule has 1 aliphatic carbocycles. The van der Waals surface area contributed by atoms with Gasteiger partial charge in [0.25, 0.3) is 5.91 Å². The smallest absolute Gasteiger partial charge is 0.307 e. The van der Waals surface area contributed by atoms with Crippen molar-refractivity contribution >= 4 is 91.6 Å². The van der Waals surface area contributed by atoms with Gasteiger partial charge in [-0.1, -0.05) is 22.6 Å². The highest BCUT2D eigenvalue weighted by Gasteiger charge is 2.51. The molecule has 1 fully saturated rings. The molecular weight excluding hydrogens is 791 g/mol. The Bertz CT molecular complexity index is 946. The van der Waals surface area contributed by atoms with E-state index in [0.29, 0.717) is 12.9 Å². The molecule has 0 bridgehead atoms. The summed E-state index contributed by atoms with van der Waals surface area (Å²) < 4.78 is 28.1. The van der Waals surface area contributed by atoms with Crippen LogP contribution in [0.5, 0.6) is 0 Å². The lowest BCUT2D eigenvalue weighted by Crippen LogP contribution is -2.49. The average Bonchev–Trinajstić information content (AvgIpc) is 3.07. The van der Waals surface area contributed by atoms with Crippen molar-refractivity contribution in [3.63, 3.8) is 0 Å². The SMILES string of the molecule is CC(=O)OCCN(C(=O)C1COC(C)(C)O1)C1=C(I)C(C)(OC(C)=O)C(I)C(OC(C)=O)=C1I. The van der Waals surface area contributed by atoms with Crippen molar-refractivity contribution in [1.29, 1.82) is 0 Å². The number of hydrogen-bond acceptors (Lipinski definition) is 9. The van der Waals surface area contributed by atoms with Gasteiger partial charge in [0.2, 0.25) is 0 Å². The van der Waals surface area contributed by atoms with Gasteiger partial charge in [-0.2, -0.15) is 0 Å². The maximum absolute atomic E-state index is 13.6. The Labute approximate surface area is 238 Å². The third kappa shape index (κ3) is 6.82. The number of ether oxygens (including phenoxy) is 5. The van der Waals surface area contributed by atoms with E-state index in [2.05, 4.69) is 22.6 Å². The van der Waals surface area contributed by atoms with Gasteiger partial charge in [0.1, 0.15) is 16.3 Å². The van der Waals surface area contributed by atoms with Crippen molar-refractivity contribution in [3.05, 3.63) is 18.6 Å². The summed E-state index contributed by atoms with van der Waals surface area (Å²) in [6.45, 7) is 8.85. The van der Waals surface area contributed by atoms with Crippen LogP contribution >= 0.6 is 67.8 Å². The fourth-order valence-electron chi connectivity index (χ4n) is 3.40. The fourth-order valence-corrected chi connectivity index (χ4v) is 7.95. The third-order valence-electron chi connectivity index (χ3n) is 4.83. The van der Waals surface area contributed by atoms with Crippen LogP contribution in [0.3, 0.4) is 0 Å². The summed E-state index contributed by atoms with van der Waals surface area (Å²) in [4.78, 5) is 50.3. The molecular formula is C21H26I3NO9. The topological polar surface area (TPSA) is 118 Å². The van der Waals surface area contributed by atoms with Crippen LogP contribution in [0.2, 0.25) is 0 Å². The Kier molecular flexibility index (Phi) is 10.2. The first kappa shape index (κ1) is 29.7. The largest absolute Gasteiger partial charge is 0.464 e. The predicted molar refractivity (Wildman–Crippen MR) is 145 cm³/mol. The summed E-state index contributed by atoms with van der Waals surface area (Å²) >= 11 is 6.08. The van der Waals surface area contributed by atoms with Gasteiger partial charge in [-0.25, -0.2) is 0 Å². The van der Waals surface area contributed by atoms with Gasteiger partial charge >= 0.3 is 17.9 Å². The molecule has 34 heavy (non-hydrogen) atoms. The molecule has 190 valence electrons. The van der Waals surface area contributed by atoms with Crippen molar-refractivity contribution in [2.45, 2.75) is 63.0 Å². The molecule has 2 aliphatic rings. The van der Waals surface area contributed by atoms with E-state index in [9.17, 15) is 19.2 Å². The molecule has 0 saturated carbocycles. The maximum Gasteiger partial charge on any atom is 0.307 e. The lowest BCUT2D eigenvalue weighted by molar-refractivity contribution is -0.160. The third-order valence-corrected chi connectivity index (χ3v) is 9.21. The number of halogens is 3. The van der Waals surface area contributed by atoms with Crippen molar-refractivity contribution in [2.75, 3.05) is 19.8 Å². The molecule has 13 heteroatoms. The number of alkyl halides is 1. The van der Waals surface area contributed by atoms with Crippen molar-refractivity contribution in [2.24, 2.45) is 0 Å². The average molecular weight is 817 g/mol. The van der Waals surface area contributed by atoms with Gasteiger partial charge < -0.3 is 28.6 Å². The van der Waals surface area contributed by atoms with E-state index in [1.165, 1.54) is 25.7 Å². The molecule has 0 N–H and O–H groups in total. The summed E-state index contributed by atoms with van der Waals surface area (Å²) in [5.74, 6) is -2.72. The first-order valence-corrected chi connectivity index (χ1v) is 13.6. The quantitative estimate of drug-likeness (QED) is 0.165. The van der Waals surface area contributed by atoms with Gasteiger partial charge in [-0.05, 0) is 66.0 Å². The van der Waals surface area contributed by atoms with E-state index in [-0.39, 0.29) is 25.5 Å². The van der Waals surface area contributed by atoms with Crippen LogP contribution in [-0.4, -0.2) is 69.9 Å². The zero-order valence-electron chi connectivity index (χ0n) is 19.5. The lowest BCUT2D eigenvalue weighted by atomic mass is 9.93. The number of hydrogen-bond donors (Lipinski definition) is 0. The maximum atomic E-state index is 13.6. The Morgan fingerprint density at radius 1 is 1.06 bits per heavy atom. The molecule has 0 aromatic rings. The van der Waals surface area contributed by atoms with Crippen LogP contribution in [0.25, 0.3) is 0 Å². The van der Waals surface area contributed by atoms with E-state index in [1.54, 1.807) is 20.8 Å². The molecule has 0 aromatic carbocycles. The fraction of sp³-hybridized carbons (Fsp3) is 0.619. The van der Waals surface area contributed by atoms with E-state index in [1.807, 2.05) is 45.2 Å². The molecule has 0 aromatic heterocycles. The summed E-state index contributed by atoms with van der Waals surface area (Å²) in [5, 5.41) is 0. The number of nitrogens with zero attached hydrogens (tertiary/aromatic N) is 1. The molecule has 1 saturated heterocycles. The van der Waals surface area contributed by atoms with Crippen LogP contribution in [0, 0.1) is 0 Å². The van der Waals surface area contributed by atoms with E-state index in [4.69, 9.17) is 23.7 Å². The van der Waals surface area contributed by atoms with Gasteiger partial charge in [0.05, 0.1) is 26.0 Å². The minimum atomic E-state index is -1.24. The highest BCUT2D eigenvalue weighted by molar-refractivity contribution is 14.1. The zero-order valence-corrected chi connectivity index (χ0v) is 26.0. The number of allylic oxidation sites excluding steroid dienone is 1. The second-order valence-electron chi connectivity index (χ2n) is 8.14. The van der Waals surface area contributed by atoms with Crippen LogP contribution in [0.4, 0.5) is 0 Å². The molecule has 1 aliphatic heterocycles. The van der Waals surface area contributed by atoms with Crippen molar-refractivity contribution in [1.82, 2.24) is 4.90 Å². The number of rotatable bonds is 7. The first-order chi connectivity index (χ1) is 15.6.